The number of anilines is 2. The van der Waals surface area contributed by atoms with Gasteiger partial charge in [-0.25, -0.2) is 9.79 Å². The molecule has 2 aromatic rings. The largest absolute Gasteiger partial charge is 0.353 e. The SMILES string of the molecule is Cc1cc2c(s1)Nc1ccccc1N=C2N1CCN(CCCN2C(=O)NC3(CCCCC3)C2=O)CC1. The van der Waals surface area contributed by atoms with E-state index in [1.165, 1.54) is 15.3 Å². The predicted molar refractivity (Wildman–Crippen MR) is 144 cm³/mol. The van der Waals surface area contributed by atoms with Gasteiger partial charge in [-0.05, 0) is 50.9 Å². The molecule has 1 aromatic carbocycles. The number of amides is 3. The van der Waals surface area contributed by atoms with Gasteiger partial charge in [0.05, 0.1) is 16.9 Å². The third kappa shape index (κ3) is 4.28. The first-order valence-electron chi connectivity index (χ1n) is 13.2. The fourth-order valence-corrected chi connectivity index (χ4v) is 6.92. The van der Waals surface area contributed by atoms with E-state index in [9.17, 15) is 9.59 Å². The van der Waals surface area contributed by atoms with E-state index in [4.69, 9.17) is 4.99 Å². The van der Waals surface area contributed by atoms with Gasteiger partial charge in [0.25, 0.3) is 5.91 Å². The van der Waals surface area contributed by atoms with Crippen LogP contribution in [0.2, 0.25) is 0 Å². The Morgan fingerprint density at radius 3 is 2.61 bits per heavy atom. The first-order valence-corrected chi connectivity index (χ1v) is 14.0. The summed E-state index contributed by atoms with van der Waals surface area (Å²) in [6, 6.07) is 10.3. The van der Waals surface area contributed by atoms with Crippen LogP contribution in [0.1, 0.15) is 49.0 Å². The van der Waals surface area contributed by atoms with Crippen molar-refractivity contribution in [3.63, 3.8) is 0 Å². The van der Waals surface area contributed by atoms with Crippen LogP contribution in [-0.2, 0) is 4.79 Å². The number of aliphatic imine (C=N–C) groups is 1. The van der Waals surface area contributed by atoms with E-state index in [0.29, 0.717) is 6.54 Å². The van der Waals surface area contributed by atoms with Crippen LogP contribution in [0, 0.1) is 6.92 Å². The standard InChI is InChI=1S/C27H34N6O2S/c1-19-18-20-23(28-21-8-3-4-9-22(21)29-24(20)36-19)32-16-14-31(15-17-32)12-7-13-33-25(34)27(30-26(33)35)10-5-2-6-11-27/h3-4,8-9,18,29H,2,5-7,10-17H2,1H3,(H,30,35). The molecule has 190 valence electrons. The lowest BCUT2D eigenvalue weighted by Gasteiger charge is -2.36. The van der Waals surface area contributed by atoms with E-state index in [-0.39, 0.29) is 11.9 Å². The number of urea groups is 1. The summed E-state index contributed by atoms with van der Waals surface area (Å²) in [7, 11) is 0. The van der Waals surface area contributed by atoms with Crippen LogP contribution in [0.3, 0.4) is 0 Å². The second-order valence-electron chi connectivity index (χ2n) is 10.4. The summed E-state index contributed by atoms with van der Waals surface area (Å²) in [5, 5.41) is 7.76. The van der Waals surface area contributed by atoms with Crippen LogP contribution in [0.5, 0.6) is 0 Å². The summed E-state index contributed by atoms with van der Waals surface area (Å²) in [4.78, 5) is 38.2. The minimum absolute atomic E-state index is 0.000791. The smallest absolute Gasteiger partial charge is 0.325 e. The molecule has 3 amide bonds. The lowest BCUT2D eigenvalue weighted by atomic mass is 9.82. The number of carbonyl (C=O) groups excluding carboxylic acids is 2. The van der Waals surface area contributed by atoms with E-state index in [1.54, 1.807) is 11.3 Å². The van der Waals surface area contributed by atoms with Crippen LogP contribution in [0.4, 0.5) is 21.2 Å². The highest BCUT2D eigenvalue weighted by Crippen LogP contribution is 2.39. The van der Waals surface area contributed by atoms with Crippen molar-refractivity contribution in [1.82, 2.24) is 20.0 Å². The Bertz CT molecular complexity index is 1190. The summed E-state index contributed by atoms with van der Waals surface area (Å²) in [6.07, 6.45) is 5.56. The predicted octanol–water partition coefficient (Wildman–Crippen LogP) is 4.45. The fraction of sp³-hybridized carbons (Fsp3) is 0.519. The minimum Gasteiger partial charge on any atom is -0.353 e. The number of thiophene rings is 1. The summed E-state index contributed by atoms with van der Waals surface area (Å²) < 4.78 is 0. The molecule has 1 aromatic heterocycles. The monoisotopic (exact) mass is 506 g/mol. The van der Waals surface area contributed by atoms with Crippen LogP contribution < -0.4 is 10.6 Å². The molecule has 36 heavy (non-hydrogen) atoms. The average molecular weight is 507 g/mol. The molecule has 0 radical (unpaired) electrons. The molecule has 4 aliphatic rings. The van der Waals surface area contributed by atoms with Crippen molar-refractivity contribution in [2.75, 3.05) is 44.6 Å². The number of nitrogens with zero attached hydrogens (tertiary/aromatic N) is 4. The number of hydrogen-bond acceptors (Lipinski definition) is 7. The van der Waals surface area contributed by atoms with Gasteiger partial charge in [-0.1, -0.05) is 31.4 Å². The maximum Gasteiger partial charge on any atom is 0.325 e. The van der Waals surface area contributed by atoms with Gasteiger partial charge in [0.15, 0.2) is 0 Å². The summed E-state index contributed by atoms with van der Waals surface area (Å²) >= 11 is 1.77. The Morgan fingerprint density at radius 1 is 1.03 bits per heavy atom. The number of benzene rings is 1. The fourth-order valence-electron chi connectivity index (χ4n) is 6.00. The molecule has 9 heteroatoms. The molecule has 0 unspecified atom stereocenters. The van der Waals surface area contributed by atoms with E-state index < -0.39 is 5.54 Å². The van der Waals surface area contributed by atoms with Gasteiger partial charge in [-0.15, -0.1) is 11.3 Å². The van der Waals surface area contributed by atoms with Crippen LogP contribution in [0.15, 0.2) is 35.3 Å². The Morgan fingerprint density at radius 2 is 1.81 bits per heavy atom. The lowest BCUT2D eigenvalue weighted by molar-refractivity contribution is -0.132. The van der Waals surface area contributed by atoms with E-state index >= 15 is 0 Å². The van der Waals surface area contributed by atoms with E-state index in [1.807, 2.05) is 12.1 Å². The van der Waals surface area contributed by atoms with Crippen molar-refractivity contribution < 1.29 is 9.59 Å². The lowest BCUT2D eigenvalue weighted by Crippen LogP contribution is -2.49. The molecule has 0 atom stereocenters. The zero-order valence-electron chi connectivity index (χ0n) is 20.9. The number of piperazine rings is 1. The van der Waals surface area contributed by atoms with Crippen LogP contribution in [0.25, 0.3) is 0 Å². The van der Waals surface area contributed by atoms with Gasteiger partial charge >= 0.3 is 6.03 Å². The van der Waals surface area contributed by atoms with E-state index in [0.717, 1.165) is 93.5 Å². The highest BCUT2D eigenvalue weighted by atomic mass is 32.1. The summed E-state index contributed by atoms with van der Waals surface area (Å²) in [5.74, 6) is 1.04. The molecule has 2 N–H and O–H groups in total. The normalized spacial score (nSPS) is 21.5. The Labute approximate surface area is 216 Å². The average Bonchev–Trinajstić information content (AvgIpc) is 3.29. The van der Waals surface area contributed by atoms with Crippen molar-refractivity contribution in [2.24, 2.45) is 4.99 Å². The van der Waals surface area contributed by atoms with Crippen molar-refractivity contribution in [2.45, 2.75) is 51.0 Å². The molecule has 4 heterocycles. The third-order valence-electron chi connectivity index (χ3n) is 7.96. The maximum absolute atomic E-state index is 13.0. The molecular weight excluding hydrogens is 472 g/mol. The van der Waals surface area contributed by atoms with Gasteiger partial charge < -0.3 is 15.5 Å². The first kappa shape index (κ1) is 23.5. The second-order valence-corrected chi connectivity index (χ2v) is 11.6. The summed E-state index contributed by atoms with van der Waals surface area (Å²) in [6.45, 7) is 7.22. The molecule has 1 spiro atoms. The molecule has 6 rings (SSSR count). The molecule has 1 aliphatic carbocycles. The first-order chi connectivity index (χ1) is 17.5. The zero-order chi connectivity index (χ0) is 24.7. The molecule has 1 saturated carbocycles. The molecule has 3 aliphatic heterocycles. The number of rotatable bonds is 4. The summed E-state index contributed by atoms with van der Waals surface area (Å²) in [5.41, 5.74) is 2.58. The van der Waals surface area contributed by atoms with Gasteiger partial charge in [0, 0.05) is 37.6 Å². The molecule has 2 saturated heterocycles. The quantitative estimate of drug-likeness (QED) is 0.599. The third-order valence-corrected chi connectivity index (χ3v) is 8.92. The van der Waals surface area contributed by atoms with Crippen molar-refractivity contribution in [3.8, 4) is 0 Å². The minimum atomic E-state index is -0.618. The van der Waals surface area contributed by atoms with Crippen LogP contribution >= 0.6 is 11.3 Å². The van der Waals surface area contributed by atoms with Crippen molar-refractivity contribution in [1.29, 1.82) is 0 Å². The molecule has 8 nitrogen and oxygen atoms in total. The zero-order valence-corrected chi connectivity index (χ0v) is 21.7. The Balaban J connectivity index is 1.06. The van der Waals surface area contributed by atoms with Gasteiger partial charge in [0.1, 0.15) is 16.4 Å². The highest BCUT2D eigenvalue weighted by molar-refractivity contribution is 7.16. The highest BCUT2D eigenvalue weighted by Gasteiger charge is 2.50. The number of hydrogen-bond donors (Lipinski definition) is 2. The number of nitrogens with one attached hydrogen (secondary N) is 2. The second kappa shape index (κ2) is 9.52. The van der Waals surface area contributed by atoms with Crippen LogP contribution in [-0.4, -0.2) is 77.3 Å². The molecule has 3 fully saturated rings. The van der Waals surface area contributed by atoms with Crippen molar-refractivity contribution >= 4 is 45.5 Å². The number of carbonyl (C=O) groups is 2. The maximum atomic E-state index is 13.0. The number of amidine groups is 1. The topological polar surface area (TPSA) is 80.3 Å². The van der Waals surface area contributed by atoms with Gasteiger partial charge in [-0.2, -0.15) is 0 Å². The number of aryl methyl sites for hydroxylation is 1. The van der Waals surface area contributed by atoms with Crippen molar-refractivity contribution in [3.05, 3.63) is 40.8 Å². The van der Waals surface area contributed by atoms with Gasteiger partial charge in [0.2, 0.25) is 0 Å². The Hall–Kier alpha value is -2.91. The number of fused-ring (bicyclic) bond motifs is 2. The Kier molecular flexibility index (Phi) is 6.21. The molecular formula is C27H34N6O2S. The molecule has 0 bridgehead atoms. The number of imide groups is 1. The number of para-hydroxylation sites is 2. The van der Waals surface area contributed by atoms with Gasteiger partial charge in [-0.3, -0.25) is 14.6 Å². The van der Waals surface area contributed by atoms with E-state index in [2.05, 4.69) is 45.6 Å².